The second-order valence-corrected chi connectivity index (χ2v) is 5.39. The van der Waals surface area contributed by atoms with Crippen LogP contribution in [-0.4, -0.2) is 24.3 Å². The van der Waals surface area contributed by atoms with Gasteiger partial charge >= 0.3 is 0 Å². The highest BCUT2D eigenvalue weighted by Crippen LogP contribution is 2.44. The lowest BCUT2D eigenvalue weighted by Crippen LogP contribution is -2.47. The first kappa shape index (κ1) is 11.9. The molecule has 2 unspecified atom stereocenters. The third-order valence-electron chi connectivity index (χ3n) is 4.16. The SMILES string of the molecule is COc1cccc(F)c1C1(O)CC2CCC(C1)N2. The molecule has 0 amide bonds. The van der Waals surface area contributed by atoms with Crippen LogP contribution >= 0.6 is 0 Å². The van der Waals surface area contributed by atoms with Gasteiger partial charge in [0.25, 0.3) is 0 Å². The van der Waals surface area contributed by atoms with E-state index in [1.54, 1.807) is 12.1 Å². The fourth-order valence-corrected chi connectivity index (χ4v) is 3.45. The Balaban J connectivity index is 2.03. The maximum absolute atomic E-state index is 14.1. The van der Waals surface area contributed by atoms with Gasteiger partial charge in [-0.25, -0.2) is 4.39 Å². The van der Waals surface area contributed by atoms with Gasteiger partial charge in [-0.2, -0.15) is 0 Å². The normalized spacial score (nSPS) is 34.6. The summed E-state index contributed by atoms with van der Waals surface area (Å²) in [5, 5.41) is 14.3. The zero-order valence-corrected chi connectivity index (χ0v) is 10.4. The summed E-state index contributed by atoms with van der Waals surface area (Å²) in [6.07, 6.45) is 3.23. The predicted molar refractivity (Wildman–Crippen MR) is 66.0 cm³/mol. The van der Waals surface area contributed by atoms with Crippen molar-refractivity contribution in [3.63, 3.8) is 0 Å². The number of halogens is 1. The molecule has 0 spiro atoms. The molecule has 3 rings (SSSR count). The standard InChI is InChI=1S/C14H18FNO2/c1-18-12-4-2-3-11(15)13(12)14(17)7-9-5-6-10(8-14)16-9/h2-4,9-10,16-17H,5-8H2,1H3. The van der Waals surface area contributed by atoms with Crippen LogP contribution in [0.25, 0.3) is 0 Å². The molecule has 0 aliphatic carbocycles. The second kappa shape index (κ2) is 4.21. The Labute approximate surface area is 106 Å². The molecule has 2 fully saturated rings. The summed E-state index contributed by atoms with van der Waals surface area (Å²) in [6, 6.07) is 5.28. The minimum atomic E-state index is -1.10. The maximum atomic E-state index is 14.1. The van der Waals surface area contributed by atoms with Crippen LogP contribution in [0.5, 0.6) is 5.75 Å². The van der Waals surface area contributed by atoms with Crippen molar-refractivity contribution >= 4 is 0 Å². The van der Waals surface area contributed by atoms with Gasteiger partial charge in [-0.15, -0.1) is 0 Å². The summed E-state index contributed by atoms with van der Waals surface area (Å²) < 4.78 is 19.3. The van der Waals surface area contributed by atoms with E-state index in [0.29, 0.717) is 24.2 Å². The number of aliphatic hydroxyl groups is 1. The average Bonchev–Trinajstić information content (AvgIpc) is 2.68. The molecule has 2 aliphatic heterocycles. The lowest BCUT2D eigenvalue weighted by atomic mass is 9.81. The minimum Gasteiger partial charge on any atom is -0.496 e. The number of ether oxygens (including phenoxy) is 1. The molecule has 1 aromatic rings. The van der Waals surface area contributed by atoms with Gasteiger partial charge in [0.2, 0.25) is 0 Å². The summed E-state index contributed by atoms with van der Waals surface area (Å²) in [4.78, 5) is 0. The van der Waals surface area contributed by atoms with Gasteiger partial charge in [0.15, 0.2) is 0 Å². The summed E-state index contributed by atoms with van der Waals surface area (Å²) >= 11 is 0. The number of piperidine rings is 1. The Bertz CT molecular complexity index is 451. The molecule has 0 aromatic heterocycles. The molecular weight excluding hydrogens is 233 g/mol. The second-order valence-electron chi connectivity index (χ2n) is 5.39. The van der Waals surface area contributed by atoms with Crippen LogP contribution in [0.1, 0.15) is 31.2 Å². The molecule has 18 heavy (non-hydrogen) atoms. The third kappa shape index (κ3) is 1.80. The molecule has 98 valence electrons. The van der Waals surface area contributed by atoms with E-state index in [4.69, 9.17) is 4.74 Å². The number of hydrogen-bond donors (Lipinski definition) is 2. The van der Waals surface area contributed by atoms with Crippen LogP contribution in [0.2, 0.25) is 0 Å². The summed E-state index contributed by atoms with van der Waals surface area (Å²) in [7, 11) is 1.51. The van der Waals surface area contributed by atoms with E-state index in [1.165, 1.54) is 13.2 Å². The van der Waals surface area contributed by atoms with Crippen LogP contribution in [0, 0.1) is 5.82 Å². The van der Waals surface area contributed by atoms with Gasteiger partial charge < -0.3 is 15.2 Å². The minimum absolute atomic E-state index is 0.290. The molecule has 0 saturated carbocycles. The zero-order valence-electron chi connectivity index (χ0n) is 10.4. The van der Waals surface area contributed by atoms with Crippen LogP contribution in [0.3, 0.4) is 0 Å². The van der Waals surface area contributed by atoms with Crippen molar-refractivity contribution < 1.29 is 14.2 Å². The molecule has 2 N–H and O–H groups in total. The molecule has 4 heteroatoms. The van der Waals surface area contributed by atoms with Gasteiger partial charge in [-0.05, 0) is 37.8 Å². The summed E-state index contributed by atoms with van der Waals surface area (Å²) in [5.74, 6) is 0.0666. The van der Waals surface area contributed by atoms with Crippen molar-refractivity contribution in [1.82, 2.24) is 5.32 Å². The number of hydrogen-bond acceptors (Lipinski definition) is 3. The van der Waals surface area contributed by atoms with Crippen molar-refractivity contribution in [2.45, 2.75) is 43.4 Å². The largest absolute Gasteiger partial charge is 0.496 e. The van der Waals surface area contributed by atoms with Crippen LogP contribution in [0.15, 0.2) is 18.2 Å². The fourth-order valence-electron chi connectivity index (χ4n) is 3.45. The first-order valence-corrected chi connectivity index (χ1v) is 6.44. The lowest BCUT2D eigenvalue weighted by molar-refractivity contribution is -0.0162. The molecule has 3 nitrogen and oxygen atoms in total. The van der Waals surface area contributed by atoms with E-state index in [0.717, 1.165) is 12.8 Å². The molecule has 2 bridgehead atoms. The number of nitrogens with one attached hydrogen (secondary N) is 1. The Morgan fingerprint density at radius 2 is 2.00 bits per heavy atom. The van der Waals surface area contributed by atoms with Crippen molar-refractivity contribution in [3.05, 3.63) is 29.6 Å². The molecule has 2 atom stereocenters. The van der Waals surface area contributed by atoms with E-state index in [2.05, 4.69) is 5.32 Å². The van der Waals surface area contributed by atoms with E-state index in [9.17, 15) is 9.50 Å². The van der Waals surface area contributed by atoms with Crippen LogP contribution < -0.4 is 10.1 Å². The highest BCUT2D eigenvalue weighted by atomic mass is 19.1. The summed E-state index contributed by atoms with van der Waals surface area (Å²) in [5.41, 5.74) is -0.778. The van der Waals surface area contributed by atoms with Crippen molar-refractivity contribution in [3.8, 4) is 5.75 Å². The molecule has 1 aromatic carbocycles. The van der Waals surface area contributed by atoms with E-state index >= 15 is 0 Å². The van der Waals surface area contributed by atoms with E-state index in [1.807, 2.05) is 0 Å². The topological polar surface area (TPSA) is 41.5 Å². The van der Waals surface area contributed by atoms with Gasteiger partial charge in [-0.1, -0.05) is 6.07 Å². The highest BCUT2D eigenvalue weighted by Gasteiger charge is 2.46. The van der Waals surface area contributed by atoms with Crippen molar-refractivity contribution in [2.75, 3.05) is 7.11 Å². The number of rotatable bonds is 2. The van der Waals surface area contributed by atoms with Gasteiger partial charge in [0.1, 0.15) is 11.6 Å². The van der Waals surface area contributed by atoms with Crippen molar-refractivity contribution in [1.29, 1.82) is 0 Å². The van der Waals surface area contributed by atoms with E-state index < -0.39 is 5.60 Å². The summed E-state index contributed by atoms with van der Waals surface area (Å²) in [6.45, 7) is 0. The highest BCUT2D eigenvalue weighted by molar-refractivity contribution is 5.40. The molecule has 2 aliphatic rings. The molecule has 0 radical (unpaired) electrons. The molecule has 2 saturated heterocycles. The molecular formula is C14H18FNO2. The fraction of sp³-hybridized carbons (Fsp3) is 0.571. The first-order chi connectivity index (χ1) is 8.62. The number of methoxy groups -OCH3 is 1. The third-order valence-corrected chi connectivity index (χ3v) is 4.16. The van der Waals surface area contributed by atoms with Crippen LogP contribution in [-0.2, 0) is 5.60 Å². The lowest BCUT2D eigenvalue weighted by Gasteiger charge is -2.38. The average molecular weight is 251 g/mol. The Kier molecular flexibility index (Phi) is 2.79. The first-order valence-electron chi connectivity index (χ1n) is 6.44. The number of benzene rings is 1. The predicted octanol–water partition coefficient (Wildman–Crippen LogP) is 1.94. The van der Waals surface area contributed by atoms with Gasteiger partial charge in [0.05, 0.1) is 18.3 Å². The van der Waals surface area contributed by atoms with Crippen molar-refractivity contribution in [2.24, 2.45) is 0 Å². The maximum Gasteiger partial charge on any atom is 0.133 e. The Morgan fingerprint density at radius 1 is 1.33 bits per heavy atom. The molecule has 2 heterocycles. The Morgan fingerprint density at radius 3 is 2.61 bits per heavy atom. The van der Waals surface area contributed by atoms with E-state index in [-0.39, 0.29) is 17.9 Å². The monoisotopic (exact) mass is 251 g/mol. The van der Waals surface area contributed by atoms with Crippen LogP contribution in [0.4, 0.5) is 4.39 Å². The Hall–Kier alpha value is -1.13. The van der Waals surface area contributed by atoms with Gasteiger partial charge in [0, 0.05) is 12.1 Å². The van der Waals surface area contributed by atoms with Gasteiger partial charge in [-0.3, -0.25) is 0 Å². The number of fused-ring (bicyclic) bond motifs is 2. The zero-order chi connectivity index (χ0) is 12.8. The smallest absolute Gasteiger partial charge is 0.133 e. The quantitative estimate of drug-likeness (QED) is 0.844.